The molecule has 0 fully saturated rings. The second-order valence-electron chi connectivity index (χ2n) is 8.34. The van der Waals surface area contributed by atoms with Crippen LogP contribution in [-0.2, 0) is 27.4 Å². The summed E-state index contributed by atoms with van der Waals surface area (Å²) in [5.74, 6) is -0.574. The monoisotopic (exact) mass is 473 g/mol. The number of carbonyl (C=O) groups is 3. The van der Waals surface area contributed by atoms with Crippen LogP contribution in [0.15, 0.2) is 84.9 Å². The molecule has 0 radical (unpaired) electrons. The van der Waals surface area contributed by atoms with Gasteiger partial charge in [0.25, 0.3) is 0 Å². The van der Waals surface area contributed by atoms with Crippen molar-refractivity contribution >= 4 is 17.7 Å². The standard InChI is InChI=1S/C28H31N3O4/c1-20(23-10-6-3-7-11-23)30-26(32)16-17-27(33)31-25(28(29)34)18-21-12-14-24(15-13-21)35-19-22-8-4-2-5-9-22/h2-15,20,25H,16-19H2,1H3,(H2,29,34)(H,30,32)(H,31,33)/t20-,25+/m1/s1. The van der Waals surface area contributed by atoms with Gasteiger partial charge in [-0.15, -0.1) is 0 Å². The maximum Gasteiger partial charge on any atom is 0.240 e. The van der Waals surface area contributed by atoms with Crippen LogP contribution in [0.4, 0.5) is 0 Å². The number of rotatable bonds is 12. The molecule has 0 aliphatic rings. The molecule has 0 heterocycles. The molecule has 3 aromatic rings. The maximum absolute atomic E-state index is 12.4. The van der Waals surface area contributed by atoms with Crippen molar-refractivity contribution in [3.63, 3.8) is 0 Å². The van der Waals surface area contributed by atoms with Gasteiger partial charge in [0.2, 0.25) is 17.7 Å². The molecule has 7 nitrogen and oxygen atoms in total. The highest BCUT2D eigenvalue weighted by Crippen LogP contribution is 2.16. The molecular formula is C28H31N3O4. The van der Waals surface area contributed by atoms with E-state index in [0.717, 1.165) is 16.7 Å². The fraction of sp³-hybridized carbons (Fsp3) is 0.250. The first-order valence-corrected chi connectivity index (χ1v) is 11.6. The molecule has 0 spiro atoms. The van der Waals surface area contributed by atoms with Crippen molar-refractivity contribution in [3.05, 3.63) is 102 Å². The third-order valence-corrected chi connectivity index (χ3v) is 5.55. The van der Waals surface area contributed by atoms with Crippen molar-refractivity contribution in [2.24, 2.45) is 5.73 Å². The van der Waals surface area contributed by atoms with Gasteiger partial charge in [0.05, 0.1) is 6.04 Å². The van der Waals surface area contributed by atoms with Crippen LogP contribution >= 0.6 is 0 Å². The molecule has 35 heavy (non-hydrogen) atoms. The molecule has 3 aromatic carbocycles. The van der Waals surface area contributed by atoms with E-state index >= 15 is 0 Å². The number of nitrogens with two attached hydrogens (primary N) is 1. The van der Waals surface area contributed by atoms with Crippen LogP contribution in [0, 0.1) is 0 Å². The van der Waals surface area contributed by atoms with Crippen LogP contribution in [0.3, 0.4) is 0 Å². The number of carbonyl (C=O) groups excluding carboxylic acids is 3. The predicted molar refractivity (Wildman–Crippen MR) is 134 cm³/mol. The third-order valence-electron chi connectivity index (χ3n) is 5.55. The van der Waals surface area contributed by atoms with Gasteiger partial charge in [-0.3, -0.25) is 14.4 Å². The van der Waals surface area contributed by atoms with Crippen molar-refractivity contribution in [2.45, 2.75) is 44.9 Å². The van der Waals surface area contributed by atoms with Gasteiger partial charge in [0.15, 0.2) is 0 Å². The van der Waals surface area contributed by atoms with Crippen molar-refractivity contribution in [3.8, 4) is 5.75 Å². The highest BCUT2D eigenvalue weighted by Gasteiger charge is 2.19. The number of hydrogen-bond acceptors (Lipinski definition) is 4. The summed E-state index contributed by atoms with van der Waals surface area (Å²) in [4.78, 5) is 36.5. The Labute approximate surface area is 205 Å². The van der Waals surface area contributed by atoms with Gasteiger partial charge in [0, 0.05) is 19.3 Å². The molecule has 2 atom stereocenters. The van der Waals surface area contributed by atoms with Crippen molar-refractivity contribution < 1.29 is 19.1 Å². The van der Waals surface area contributed by atoms with Gasteiger partial charge in [-0.25, -0.2) is 0 Å². The zero-order valence-electron chi connectivity index (χ0n) is 19.8. The van der Waals surface area contributed by atoms with Crippen LogP contribution in [0.2, 0.25) is 0 Å². The summed E-state index contributed by atoms with van der Waals surface area (Å²) in [5.41, 5.74) is 8.38. The van der Waals surface area contributed by atoms with E-state index in [4.69, 9.17) is 10.5 Å². The first kappa shape index (κ1) is 25.5. The number of primary amides is 1. The molecule has 0 aromatic heterocycles. The molecule has 182 valence electrons. The zero-order chi connectivity index (χ0) is 25.0. The van der Waals surface area contributed by atoms with Crippen LogP contribution in [0.25, 0.3) is 0 Å². The molecule has 0 saturated heterocycles. The number of amides is 3. The minimum Gasteiger partial charge on any atom is -0.489 e. The third kappa shape index (κ3) is 8.62. The number of nitrogens with one attached hydrogen (secondary N) is 2. The number of hydrogen-bond donors (Lipinski definition) is 3. The largest absolute Gasteiger partial charge is 0.489 e. The van der Waals surface area contributed by atoms with Crippen LogP contribution < -0.4 is 21.1 Å². The number of ether oxygens (including phenoxy) is 1. The molecule has 0 aliphatic heterocycles. The molecule has 3 rings (SSSR count). The smallest absolute Gasteiger partial charge is 0.240 e. The van der Waals surface area contributed by atoms with Crippen LogP contribution in [0.5, 0.6) is 5.75 Å². The lowest BCUT2D eigenvalue weighted by molar-refractivity contribution is -0.129. The van der Waals surface area contributed by atoms with Crippen LogP contribution in [0.1, 0.15) is 42.5 Å². The average molecular weight is 474 g/mol. The first-order valence-electron chi connectivity index (χ1n) is 11.6. The molecule has 0 unspecified atom stereocenters. The Balaban J connectivity index is 1.44. The Morgan fingerprint density at radius 2 is 1.34 bits per heavy atom. The fourth-order valence-electron chi connectivity index (χ4n) is 3.55. The lowest BCUT2D eigenvalue weighted by Gasteiger charge is -2.17. The van der Waals surface area contributed by atoms with Gasteiger partial charge < -0.3 is 21.1 Å². The summed E-state index contributed by atoms with van der Waals surface area (Å²) in [5, 5.41) is 5.51. The van der Waals surface area contributed by atoms with Gasteiger partial charge in [-0.05, 0) is 35.7 Å². The highest BCUT2D eigenvalue weighted by molar-refractivity contribution is 5.88. The van der Waals surface area contributed by atoms with Gasteiger partial charge in [-0.2, -0.15) is 0 Å². The minimum absolute atomic E-state index is 0.0158. The van der Waals surface area contributed by atoms with Gasteiger partial charge in [0.1, 0.15) is 18.4 Å². The van der Waals surface area contributed by atoms with E-state index in [0.29, 0.717) is 12.4 Å². The molecule has 4 N–H and O–H groups in total. The van der Waals surface area contributed by atoms with E-state index in [1.54, 1.807) is 0 Å². The summed E-state index contributed by atoms with van der Waals surface area (Å²) in [7, 11) is 0. The van der Waals surface area contributed by atoms with E-state index in [1.807, 2.05) is 91.9 Å². The summed E-state index contributed by atoms with van der Waals surface area (Å²) >= 11 is 0. The van der Waals surface area contributed by atoms with Crippen molar-refractivity contribution in [1.29, 1.82) is 0 Å². The molecule has 0 aliphatic carbocycles. The Morgan fingerprint density at radius 3 is 1.94 bits per heavy atom. The number of benzene rings is 3. The Bertz CT molecular complexity index is 1100. The Hall–Kier alpha value is -4.13. The van der Waals surface area contributed by atoms with Gasteiger partial charge >= 0.3 is 0 Å². The fourth-order valence-corrected chi connectivity index (χ4v) is 3.55. The Kier molecular flexibility index (Phi) is 9.42. The molecule has 0 saturated carbocycles. The first-order chi connectivity index (χ1) is 16.9. The second kappa shape index (κ2) is 12.9. The normalized spacial score (nSPS) is 12.3. The SMILES string of the molecule is C[C@@H](NC(=O)CCC(=O)N[C@@H](Cc1ccc(OCc2ccccc2)cc1)C(N)=O)c1ccccc1. The van der Waals surface area contributed by atoms with E-state index in [2.05, 4.69) is 10.6 Å². The van der Waals surface area contributed by atoms with Gasteiger partial charge in [-0.1, -0.05) is 72.8 Å². The minimum atomic E-state index is -0.870. The molecular weight excluding hydrogens is 442 g/mol. The zero-order valence-corrected chi connectivity index (χ0v) is 19.8. The average Bonchev–Trinajstić information content (AvgIpc) is 2.87. The lowest BCUT2D eigenvalue weighted by atomic mass is 10.0. The molecule has 7 heteroatoms. The molecule has 3 amide bonds. The van der Waals surface area contributed by atoms with E-state index in [9.17, 15) is 14.4 Å². The van der Waals surface area contributed by atoms with E-state index in [-0.39, 0.29) is 31.2 Å². The lowest BCUT2D eigenvalue weighted by Crippen LogP contribution is -2.46. The summed E-state index contributed by atoms with van der Waals surface area (Å²) < 4.78 is 5.77. The van der Waals surface area contributed by atoms with E-state index < -0.39 is 17.9 Å². The summed E-state index contributed by atoms with van der Waals surface area (Å²) in [6, 6.07) is 25.7. The molecule has 0 bridgehead atoms. The van der Waals surface area contributed by atoms with Crippen LogP contribution in [-0.4, -0.2) is 23.8 Å². The quantitative estimate of drug-likeness (QED) is 0.374. The van der Waals surface area contributed by atoms with Crippen molar-refractivity contribution in [2.75, 3.05) is 0 Å². The predicted octanol–water partition coefficient (Wildman–Crippen LogP) is 3.44. The van der Waals surface area contributed by atoms with Crippen molar-refractivity contribution in [1.82, 2.24) is 10.6 Å². The summed E-state index contributed by atoms with van der Waals surface area (Å²) in [6.45, 7) is 2.34. The Morgan fingerprint density at radius 1 is 0.771 bits per heavy atom. The highest BCUT2D eigenvalue weighted by atomic mass is 16.5. The summed E-state index contributed by atoms with van der Waals surface area (Å²) in [6.07, 6.45) is 0.225. The second-order valence-corrected chi connectivity index (χ2v) is 8.34. The maximum atomic E-state index is 12.4. The van der Waals surface area contributed by atoms with E-state index in [1.165, 1.54) is 0 Å². The topological polar surface area (TPSA) is 111 Å².